The Morgan fingerprint density at radius 3 is 2.31 bits per heavy atom. The van der Waals surface area contributed by atoms with Crippen LogP contribution in [-0.4, -0.2) is 48.7 Å². The minimum atomic E-state index is -4.12. The molecule has 3 aromatic rings. The van der Waals surface area contributed by atoms with Crippen molar-refractivity contribution in [1.82, 2.24) is 5.32 Å². The fraction of sp³-hybridized carbons (Fsp3) is 0.269. The summed E-state index contributed by atoms with van der Waals surface area (Å²) in [6.07, 6.45) is 1.42. The minimum Gasteiger partial charge on any atom is -0.497 e. The number of anilines is 1. The second-order valence-electron chi connectivity index (χ2n) is 7.81. The van der Waals surface area contributed by atoms with Crippen LogP contribution in [0, 0.1) is 0 Å². The molecule has 0 unspecified atom stereocenters. The minimum absolute atomic E-state index is 0.0408. The SMILES string of the molecule is COc1cccc(CCCNC(=O)CN(c2ccc(Cl)cc2)S(=O)(=O)c2ccc(OC)c(OC)c2)c1. The lowest BCUT2D eigenvalue weighted by atomic mass is 10.1. The van der Waals surface area contributed by atoms with Gasteiger partial charge in [-0.15, -0.1) is 0 Å². The average molecular weight is 533 g/mol. The number of hydrogen-bond donors (Lipinski definition) is 1. The van der Waals surface area contributed by atoms with Gasteiger partial charge in [-0.3, -0.25) is 9.10 Å². The number of halogens is 1. The van der Waals surface area contributed by atoms with Crippen molar-refractivity contribution in [2.24, 2.45) is 0 Å². The van der Waals surface area contributed by atoms with Gasteiger partial charge in [0.2, 0.25) is 5.91 Å². The van der Waals surface area contributed by atoms with E-state index in [2.05, 4.69) is 5.32 Å². The number of ether oxygens (including phenoxy) is 3. The van der Waals surface area contributed by atoms with Crippen LogP contribution < -0.4 is 23.8 Å². The fourth-order valence-electron chi connectivity index (χ4n) is 3.56. The van der Waals surface area contributed by atoms with E-state index in [1.807, 2.05) is 24.3 Å². The highest BCUT2D eigenvalue weighted by atomic mass is 35.5. The van der Waals surface area contributed by atoms with Crippen LogP contribution in [0.1, 0.15) is 12.0 Å². The lowest BCUT2D eigenvalue weighted by molar-refractivity contribution is -0.119. The van der Waals surface area contributed by atoms with Gasteiger partial charge in [0.15, 0.2) is 11.5 Å². The van der Waals surface area contributed by atoms with Gasteiger partial charge >= 0.3 is 0 Å². The molecule has 0 aromatic heterocycles. The Kier molecular flexibility index (Phi) is 9.44. The van der Waals surface area contributed by atoms with Crippen molar-refractivity contribution in [3.05, 3.63) is 77.3 Å². The van der Waals surface area contributed by atoms with Gasteiger partial charge in [-0.1, -0.05) is 23.7 Å². The Morgan fingerprint density at radius 2 is 1.64 bits per heavy atom. The highest BCUT2D eigenvalue weighted by molar-refractivity contribution is 7.92. The number of amides is 1. The zero-order chi connectivity index (χ0) is 26.1. The van der Waals surface area contributed by atoms with Crippen LogP contribution in [0.5, 0.6) is 17.2 Å². The van der Waals surface area contributed by atoms with Gasteiger partial charge in [-0.05, 0) is 66.9 Å². The van der Waals surface area contributed by atoms with Crippen LogP contribution >= 0.6 is 11.6 Å². The molecule has 36 heavy (non-hydrogen) atoms. The van der Waals surface area contributed by atoms with E-state index in [-0.39, 0.29) is 10.6 Å². The number of hydrogen-bond acceptors (Lipinski definition) is 6. The van der Waals surface area contributed by atoms with E-state index in [0.717, 1.165) is 22.0 Å². The zero-order valence-electron chi connectivity index (χ0n) is 20.4. The Labute approximate surface area is 216 Å². The largest absolute Gasteiger partial charge is 0.497 e. The van der Waals surface area contributed by atoms with Crippen LogP contribution in [0.4, 0.5) is 5.69 Å². The molecule has 0 fully saturated rings. The van der Waals surface area contributed by atoms with Crippen molar-refractivity contribution in [3.63, 3.8) is 0 Å². The molecule has 0 aliphatic carbocycles. The van der Waals surface area contributed by atoms with Crippen molar-refractivity contribution in [2.45, 2.75) is 17.7 Å². The fourth-order valence-corrected chi connectivity index (χ4v) is 5.12. The van der Waals surface area contributed by atoms with Crippen LogP contribution in [0.2, 0.25) is 5.02 Å². The molecule has 0 atom stereocenters. The van der Waals surface area contributed by atoms with E-state index in [4.69, 9.17) is 25.8 Å². The molecule has 0 aliphatic rings. The van der Waals surface area contributed by atoms with Crippen molar-refractivity contribution < 1.29 is 27.4 Å². The third-order valence-corrected chi connectivity index (χ3v) is 7.47. The van der Waals surface area contributed by atoms with E-state index in [1.165, 1.54) is 32.4 Å². The van der Waals surface area contributed by atoms with Crippen molar-refractivity contribution >= 4 is 33.2 Å². The van der Waals surface area contributed by atoms with Gasteiger partial charge in [0.05, 0.1) is 31.9 Å². The molecule has 8 nitrogen and oxygen atoms in total. The first-order valence-electron chi connectivity index (χ1n) is 11.2. The predicted molar refractivity (Wildman–Crippen MR) is 140 cm³/mol. The van der Waals surface area contributed by atoms with E-state index >= 15 is 0 Å². The monoisotopic (exact) mass is 532 g/mol. The van der Waals surface area contributed by atoms with Crippen LogP contribution in [0.25, 0.3) is 0 Å². The first kappa shape index (κ1) is 27.2. The zero-order valence-corrected chi connectivity index (χ0v) is 21.9. The first-order chi connectivity index (χ1) is 17.3. The topological polar surface area (TPSA) is 94.2 Å². The summed E-state index contributed by atoms with van der Waals surface area (Å²) >= 11 is 5.99. The van der Waals surface area contributed by atoms with Crippen LogP contribution in [0.15, 0.2) is 71.6 Å². The molecule has 0 saturated heterocycles. The number of methoxy groups -OCH3 is 3. The molecule has 0 spiro atoms. The summed E-state index contributed by atoms with van der Waals surface area (Å²) in [5, 5.41) is 3.26. The van der Waals surface area contributed by atoms with E-state index in [1.54, 1.807) is 31.4 Å². The quantitative estimate of drug-likeness (QED) is 0.349. The molecule has 1 amide bonds. The standard InChI is InChI=1S/C26H29ClN2O6S/c1-33-22-8-4-6-19(16-22)7-5-15-28-26(30)18-29(21-11-9-20(27)10-12-21)36(31,32)23-13-14-24(34-2)25(17-23)35-3/h4,6,8-14,16-17H,5,7,15,18H2,1-3H3,(H,28,30). The summed E-state index contributed by atoms with van der Waals surface area (Å²) in [7, 11) is 0.376. The maximum Gasteiger partial charge on any atom is 0.264 e. The molecule has 192 valence electrons. The number of nitrogens with zero attached hydrogens (tertiary/aromatic N) is 1. The van der Waals surface area contributed by atoms with Gasteiger partial charge in [-0.2, -0.15) is 0 Å². The summed E-state index contributed by atoms with van der Waals surface area (Å²) in [6.45, 7) is -0.0155. The van der Waals surface area contributed by atoms with Gasteiger partial charge in [0, 0.05) is 17.6 Å². The normalized spacial score (nSPS) is 11.0. The van der Waals surface area contributed by atoms with Gasteiger partial charge in [-0.25, -0.2) is 8.42 Å². The molecule has 0 radical (unpaired) electrons. The number of aryl methyl sites for hydroxylation is 1. The Morgan fingerprint density at radius 1 is 0.917 bits per heavy atom. The summed E-state index contributed by atoms with van der Waals surface area (Å²) in [5.41, 5.74) is 1.39. The molecule has 0 saturated carbocycles. The number of carbonyl (C=O) groups is 1. The predicted octanol–water partition coefficient (Wildman–Crippen LogP) is 4.31. The van der Waals surface area contributed by atoms with E-state index in [9.17, 15) is 13.2 Å². The number of rotatable bonds is 12. The molecule has 10 heteroatoms. The molecular formula is C26H29ClN2O6S. The lowest BCUT2D eigenvalue weighted by Crippen LogP contribution is -2.41. The molecule has 3 aromatic carbocycles. The maximum atomic E-state index is 13.6. The third-order valence-electron chi connectivity index (χ3n) is 5.44. The van der Waals surface area contributed by atoms with E-state index in [0.29, 0.717) is 29.4 Å². The van der Waals surface area contributed by atoms with Crippen LogP contribution in [0.3, 0.4) is 0 Å². The number of nitrogens with one attached hydrogen (secondary N) is 1. The second kappa shape index (κ2) is 12.5. The molecule has 0 heterocycles. The maximum absolute atomic E-state index is 13.6. The molecule has 1 N–H and O–H groups in total. The average Bonchev–Trinajstić information content (AvgIpc) is 2.90. The van der Waals surface area contributed by atoms with Crippen molar-refractivity contribution in [1.29, 1.82) is 0 Å². The van der Waals surface area contributed by atoms with Crippen molar-refractivity contribution in [2.75, 3.05) is 38.7 Å². The summed E-state index contributed by atoms with van der Waals surface area (Å²) in [6, 6.07) is 18.2. The van der Waals surface area contributed by atoms with Gasteiger partial charge < -0.3 is 19.5 Å². The summed E-state index contributed by atoms with van der Waals surface area (Å²) < 4.78 is 43.9. The highest BCUT2D eigenvalue weighted by Crippen LogP contribution is 2.32. The smallest absolute Gasteiger partial charge is 0.264 e. The summed E-state index contributed by atoms with van der Waals surface area (Å²) in [4.78, 5) is 12.8. The molecular weight excluding hydrogens is 504 g/mol. The Bertz CT molecular complexity index is 1280. The molecule has 3 rings (SSSR count). The lowest BCUT2D eigenvalue weighted by Gasteiger charge is -2.24. The molecule has 0 bridgehead atoms. The van der Waals surface area contributed by atoms with Gasteiger partial charge in [0.25, 0.3) is 10.0 Å². The summed E-state index contributed by atoms with van der Waals surface area (Å²) in [5.74, 6) is 0.995. The van der Waals surface area contributed by atoms with Crippen molar-refractivity contribution in [3.8, 4) is 17.2 Å². The number of carbonyl (C=O) groups excluding carboxylic acids is 1. The number of sulfonamides is 1. The van der Waals surface area contributed by atoms with E-state index < -0.39 is 22.5 Å². The third kappa shape index (κ3) is 6.83. The Balaban J connectivity index is 1.75. The molecule has 0 aliphatic heterocycles. The first-order valence-corrected chi connectivity index (χ1v) is 13.0. The Hall–Kier alpha value is -3.43. The van der Waals surface area contributed by atoms with Gasteiger partial charge in [0.1, 0.15) is 12.3 Å². The van der Waals surface area contributed by atoms with Crippen LogP contribution in [-0.2, 0) is 21.2 Å². The highest BCUT2D eigenvalue weighted by Gasteiger charge is 2.28. The number of benzene rings is 3. The second-order valence-corrected chi connectivity index (χ2v) is 10.1.